The van der Waals surface area contributed by atoms with Crippen molar-refractivity contribution in [1.82, 2.24) is 24.4 Å². The summed E-state index contributed by atoms with van der Waals surface area (Å²) in [5.41, 5.74) is 1.70. The molecule has 0 amide bonds. The van der Waals surface area contributed by atoms with E-state index < -0.39 is 32.6 Å². The number of fused-ring (bicyclic) bond motifs is 1. The number of ether oxygens (including phenoxy) is 4. The van der Waals surface area contributed by atoms with Crippen LogP contribution < -0.4 is 20.3 Å². The van der Waals surface area contributed by atoms with Crippen molar-refractivity contribution in [2.75, 3.05) is 39.3 Å². The number of nitriles is 1. The van der Waals surface area contributed by atoms with Crippen LogP contribution in [0.3, 0.4) is 0 Å². The Bertz CT molecular complexity index is 2500. The molecule has 5 aromatic rings. The minimum absolute atomic E-state index is 0.0393. The highest BCUT2D eigenvalue weighted by Gasteiger charge is 2.45. The Kier molecular flexibility index (Phi) is 18.4. The van der Waals surface area contributed by atoms with Crippen molar-refractivity contribution in [2.45, 2.75) is 116 Å². The first-order chi connectivity index (χ1) is 32.4. The second-order valence-electron chi connectivity index (χ2n) is 17.3. The Hall–Kier alpha value is -5.75. The van der Waals surface area contributed by atoms with Gasteiger partial charge < -0.3 is 33.3 Å². The average molecular weight is 930 g/mol. The number of unbranched alkanes of at least 4 members (excludes halogenated alkanes) is 3. The largest absolute Gasteiger partial charge is 0.497 e. The van der Waals surface area contributed by atoms with Crippen LogP contribution in [0.5, 0.6) is 11.5 Å². The molecule has 1 unspecified atom stereocenters. The number of hydrogen-bond acceptors (Lipinski definition) is 12. The number of rotatable bonds is 23. The zero-order valence-electron chi connectivity index (χ0n) is 40.0. The Morgan fingerprint density at radius 2 is 1.55 bits per heavy atom. The first kappa shape index (κ1) is 50.7. The van der Waals surface area contributed by atoms with Gasteiger partial charge in [-0.05, 0) is 93.3 Å². The lowest BCUT2D eigenvalue weighted by molar-refractivity contribution is -0.0931. The molecule has 3 aromatic carbocycles. The lowest BCUT2D eigenvalue weighted by Crippen LogP contribution is -2.39. The smallest absolute Gasteiger partial charge is 0.264 e. The van der Waals surface area contributed by atoms with Crippen molar-refractivity contribution in [3.8, 4) is 41.8 Å². The number of H-pyrrole nitrogens is 1. The van der Waals surface area contributed by atoms with Gasteiger partial charge in [0, 0.05) is 37.9 Å². The van der Waals surface area contributed by atoms with E-state index in [1.165, 1.54) is 0 Å². The molecule has 1 aliphatic rings. The summed E-state index contributed by atoms with van der Waals surface area (Å²) >= 11 is 0. The maximum atomic E-state index is 13.9. The van der Waals surface area contributed by atoms with Gasteiger partial charge in [0.2, 0.25) is 5.95 Å². The van der Waals surface area contributed by atoms with Gasteiger partial charge in [-0.2, -0.15) is 15.3 Å². The van der Waals surface area contributed by atoms with Crippen LogP contribution in [0.4, 0.5) is 5.95 Å². The third kappa shape index (κ3) is 12.4. The lowest BCUT2D eigenvalue weighted by Gasteiger charge is -2.39. The predicted molar refractivity (Wildman–Crippen MR) is 263 cm³/mol. The molecule has 0 saturated carbocycles. The Morgan fingerprint density at radius 1 is 0.925 bits per heavy atom. The van der Waals surface area contributed by atoms with E-state index in [9.17, 15) is 10.1 Å². The number of methoxy groups -OCH3 is 2. The van der Waals surface area contributed by atoms with Crippen LogP contribution >= 0.6 is 8.53 Å². The number of hydrogen-bond donors (Lipinski definition) is 2. The number of nitrogens with one attached hydrogen (secondary N) is 2. The van der Waals surface area contributed by atoms with Gasteiger partial charge in [0.1, 0.15) is 28.6 Å². The van der Waals surface area contributed by atoms with Gasteiger partial charge in [0.05, 0.1) is 46.0 Å². The van der Waals surface area contributed by atoms with Gasteiger partial charge in [-0.15, -0.1) is 12.3 Å². The van der Waals surface area contributed by atoms with Gasteiger partial charge in [0.15, 0.2) is 17.6 Å². The van der Waals surface area contributed by atoms with Crippen LogP contribution in [0.15, 0.2) is 83.7 Å². The zero-order chi connectivity index (χ0) is 47.9. The van der Waals surface area contributed by atoms with Crippen LogP contribution in [0.1, 0.15) is 109 Å². The molecule has 4 atom stereocenters. The topological polar surface area (TPSA) is 158 Å². The normalized spacial score (nSPS) is 16.5. The Balaban J connectivity index is 1.48. The number of nitrogens with zero attached hydrogens (tertiary/aromatic N) is 5. The van der Waals surface area contributed by atoms with E-state index in [2.05, 4.69) is 80.3 Å². The van der Waals surface area contributed by atoms with Gasteiger partial charge in [-0.1, -0.05) is 74.4 Å². The molecule has 0 radical (unpaired) electrons. The number of benzene rings is 3. The first-order valence-electron chi connectivity index (χ1n) is 23.0. The molecule has 0 bridgehead atoms. The number of anilines is 1. The number of terminal acetylenes is 1. The molecule has 0 spiro atoms. The van der Waals surface area contributed by atoms with E-state index in [0.29, 0.717) is 60.5 Å². The molecular formula is C52H64N7O7P. The highest BCUT2D eigenvalue weighted by molar-refractivity contribution is 7.44. The molecule has 0 aliphatic carbocycles. The van der Waals surface area contributed by atoms with Gasteiger partial charge in [-0.3, -0.25) is 9.78 Å². The molecule has 354 valence electrons. The molecule has 1 saturated heterocycles. The summed E-state index contributed by atoms with van der Waals surface area (Å²) in [4.78, 5) is 21.8. The molecule has 2 aromatic heterocycles. The summed E-state index contributed by atoms with van der Waals surface area (Å²) in [7, 11) is 1.57. The Morgan fingerprint density at radius 3 is 2.13 bits per heavy atom. The fourth-order valence-corrected chi connectivity index (χ4v) is 9.87. The van der Waals surface area contributed by atoms with E-state index in [4.69, 9.17) is 44.5 Å². The summed E-state index contributed by atoms with van der Waals surface area (Å²) in [6.45, 7) is 13.4. The minimum Gasteiger partial charge on any atom is -0.497 e. The molecule has 2 N–H and O–H groups in total. The highest BCUT2D eigenvalue weighted by Crippen LogP contribution is 2.51. The third-order valence-corrected chi connectivity index (χ3v) is 13.5. The summed E-state index contributed by atoms with van der Waals surface area (Å²) in [6, 6.07) is 28.1. The fraction of sp³-hybridized carbons (Fsp3) is 0.462. The highest BCUT2D eigenvalue weighted by atomic mass is 31.2. The summed E-state index contributed by atoms with van der Waals surface area (Å²) in [5, 5.41) is 18.0. The SMILES string of the molecule is C#CCCCCC#Cc1nn([C@H]2C[C@H](OP(OCCC#N)N(C(C)C)C(C)C)[C@@H](COC(c3ccccc3)(c3ccc(OC)cc3)c3ccc(OC)cc3)O2)c2nc(NCC(C)C)[nH]c(=O)c12. The maximum absolute atomic E-state index is 13.9. The van der Waals surface area contributed by atoms with Gasteiger partial charge in [0.25, 0.3) is 14.1 Å². The second kappa shape index (κ2) is 24.3. The zero-order valence-corrected chi connectivity index (χ0v) is 40.8. The third-order valence-electron chi connectivity index (χ3n) is 11.3. The summed E-state index contributed by atoms with van der Waals surface area (Å²) in [6.07, 6.45) is 6.81. The van der Waals surface area contributed by atoms with E-state index in [1.807, 2.05) is 78.9 Å². The molecule has 1 fully saturated rings. The lowest BCUT2D eigenvalue weighted by atomic mass is 9.80. The molecular weight excluding hydrogens is 866 g/mol. The van der Waals surface area contributed by atoms with Crippen molar-refractivity contribution >= 4 is 25.5 Å². The average Bonchev–Trinajstić information content (AvgIpc) is 3.91. The van der Waals surface area contributed by atoms with E-state index in [0.717, 1.165) is 29.5 Å². The second-order valence-corrected chi connectivity index (χ2v) is 18.7. The van der Waals surface area contributed by atoms with Crippen LogP contribution in [-0.2, 0) is 24.1 Å². The Labute approximate surface area is 396 Å². The molecule has 67 heavy (non-hydrogen) atoms. The summed E-state index contributed by atoms with van der Waals surface area (Å²) in [5.74, 6) is 11.1. The number of aromatic amines is 1. The van der Waals surface area contributed by atoms with Crippen molar-refractivity contribution < 1.29 is 28.0 Å². The van der Waals surface area contributed by atoms with Crippen molar-refractivity contribution in [3.05, 3.63) is 112 Å². The maximum Gasteiger partial charge on any atom is 0.264 e. The molecule has 1 aliphatic heterocycles. The van der Waals surface area contributed by atoms with E-state index >= 15 is 0 Å². The minimum atomic E-state index is -1.71. The quantitative estimate of drug-likeness (QED) is 0.0277. The van der Waals surface area contributed by atoms with Crippen LogP contribution in [-0.4, -0.2) is 82.7 Å². The van der Waals surface area contributed by atoms with Gasteiger partial charge in [-0.25, -0.2) is 9.35 Å². The van der Waals surface area contributed by atoms with Crippen molar-refractivity contribution in [2.24, 2.45) is 5.92 Å². The fourth-order valence-electron chi connectivity index (χ4n) is 8.11. The van der Waals surface area contributed by atoms with Crippen LogP contribution in [0.2, 0.25) is 0 Å². The van der Waals surface area contributed by atoms with E-state index in [-0.39, 0.29) is 42.7 Å². The van der Waals surface area contributed by atoms with Gasteiger partial charge >= 0.3 is 0 Å². The number of aromatic nitrogens is 4. The molecule has 14 nitrogen and oxygen atoms in total. The predicted octanol–water partition coefficient (Wildman–Crippen LogP) is 9.71. The summed E-state index contributed by atoms with van der Waals surface area (Å²) < 4.78 is 43.1. The molecule has 15 heteroatoms. The van der Waals surface area contributed by atoms with Crippen LogP contribution in [0.25, 0.3) is 11.0 Å². The standard InChI is InChI=1S/C52H64N7O7P/c1-10-11-12-13-14-18-22-44-48-49(55-51(56-50(48)60)54-34-36(2)3)58(57-44)47-33-45(66-67(64-32-19-31-53)59(37(4)5)38(6)7)46(65-47)35-63-52(39-20-16-15-17-21-39,40-23-27-42(61-8)28-24-40)41-25-29-43(62-9)30-26-41/h1,15-17,20-21,23-30,36-38,45-47H,11-14,19,32-35H2,2-9H3,(H2,54,55,56,60)/t45-,46+,47+,67?/m0/s1. The molecule has 3 heterocycles. The van der Waals surface area contributed by atoms with Crippen LogP contribution in [0, 0.1) is 41.4 Å². The first-order valence-corrected chi connectivity index (χ1v) is 24.1. The molecule has 6 rings (SSSR count). The van der Waals surface area contributed by atoms with Crippen molar-refractivity contribution in [3.63, 3.8) is 0 Å². The van der Waals surface area contributed by atoms with Crippen molar-refractivity contribution in [1.29, 1.82) is 5.26 Å². The monoisotopic (exact) mass is 929 g/mol. The van der Waals surface area contributed by atoms with E-state index in [1.54, 1.807) is 18.9 Å².